The van der Waals surface area contributed by atoms with E-state index in [1.54, 1.807) is 11.3 Å². The predicted octanol–water partition coefficient (Wildman–Crippen LogP) is 3.93. The van der Waals surface area contributed by atoms with Crippen LogP contribution in [0.3, 0.4) is 0 Å². The number of fused-ring (bicyclic) bond motifs is 6. The number of halogens is 1. The summed E-state index contributed by atoms with van der Waals surface area (Å²) in [6.07, 6.45) is 2.92. The van der Waals surface area contributed by atoms with Crippen LogP contribution in [-0.4, -0.2) is 31.6 Å². The Morgan fingerprint density at radius 2 is 2.07 bits per heavy atom. The number of thiophene rings is 1. The number of aliphatic imine (C=N–C) groups is 1. The molecule has 3 aliphatic rings. The first kappa shape index (κ1) is 17.4. The molecule has 0 amide bonds. The molecule has 0 saturated heterocycles. The van der Waals surface area contributed by atoms with Crippen LogP contribution in [0.2, 0.25) is 5.02 Å². The molecule has 146 valence electrons. The third-order valence-electron chi connectivity index (χ3n) is 6.16. The van der Waals surface area contributed by atoms with Crippen LogP contribution in [0.5, 0.6) is 0 Å². The summed E-state index contributed by atoms with van der Waals surface area (Å²) >= 11 is 8.25. The van der Waals surface area contributed by atoms with Crippen molar-refractivity contribution in [2.24, 2.45) is 10.9 Å². The van der Waals surface area contributed by atoms with Crippen molar-refractivity contribution < 1.29 is 9.90 Å². The summed E-state index contributed by atoms with van der Waals surface area (Å²) in [7, 11) is 0. The van der Waals surface area contributed by atoms with Crippen molar-refractivity contribution in [3.63, 3.8) is 0 Å². The van der Waals surface area contributed by atoms with Crippen molar-refractivity contribution in [1.82, 2.24) is 14.8 Å². The van der Waals surface area contributed by atoms with Gasteiger partial charge in [0.2, 0.25) is 0 Å². The topological polar surface area (TPSA) is 80.4 Å². The van der Waals surface area contributed by atoms with Crippen LogP contribution in [0.15, 0.2) is 29.3 Å². The molecule has 6 rings (SSSR count). The summed E-state index contributed by atoms with van der Waals surface area (Å²) in [6, 6.07) is 7.75. The normalized spacial score (nSPS) is 20.6. The monoisotopic (exact) mass is 424 g/mol. The minimum atomic E-state index is -0.744. The number of aromatic nitrogens is 3. The van der Waals surface area contributed by atoms with E-state index in [-0.39, 0.29) is 11.5 Å². The minimum Gasteiger partial charge on any atom is -0.481 e. The first-order valence-electron chi connectivity index (χ1n) is 9.64. The SMILES string of the molecule is Cc1nnc2n1-c1sc3c(c1C(c1ccccc1Cl)=NC21CC1)CC(C(=O)O)C3. The standard InChI is InChI=1S/C21H17ClN4O2S/c1-10-24-25-20-21(6-7-21)23-17(12-4-2-3-5-14(12)22)16-13-8-11(19(27)28)9-15(13)29-18(16)26(10)20/h2-5,11H,6-9H2,1H3,(H,27,28). The third-order valence-corrected chi connectivity index (χ3v) is 7.73. The number of rotatable bonds is 2. The second-order valence-corrected chi connectivity index (χ2v) is 9.50. The van der Waals surface area contributed by atoms with Gasteiger partial charge in [0.1, 0.15) is 16.4 Å². The lowest BCUT2D eigenvalue weighted by atomic mass is 9.97. The Labute approximate surface area is 175 Å². The van der Waals surface area contributed by atoms with E-state index in [0.717, 1.165) is 56.8 Å². The third kappa shape index (κ3) is 2.34. The number of carboxylic acid groups (broad SMARTS) is 1. The molecule has 1 spiro atoms. The van der Waals surface area contributed by atoms with Gasteiger partial charge >= 0.3 is 5.97 Å². The van der Waals surface area contributed by atoms with Crippen LogP contribution < -0.4 is 0 Å². The molecule has 1 fully saturated rings. The smallest absolute Gasteiger partial charge is 0.307 e. The Bertz CT molecular complexity index is 1240. The molecule has 29 heavy (non-hydrogen) atoms. The van der Waals surface area contributed by atoms with Crippen molar-refractivity contribution in [3.8, 4) is 5.00 Å². The highest BCUT2D eigenvalue weighted by Gasteiger charge is 2.52. The number of aliphatic carboxylic acids is 1. The van der Waals surface area contributed by atoms with Crippen molar-refractivity contribution >= 4 is 34.6 Å². The van der Waals surface area contributed by atoms with Crippen LogP contribution >= 0.6 is 22.9 Å². The zero-order valence-corrected chi connectivity index (χ0v) is 17.2. The average molecular weight is 425 g/mol. The van der Waals surface area contributed by atoms with Crippen LogP contribution in [-0.2, 0) is 23.2 Å². The summed E-state index contributed by atoms with van der Waals surface area (Å²) in [4.78, 5) is 18.0. The van der Waals surface area contributed by atoms with Gasteiger partial charge in [-0.05, 0) is 44.2 Å². The van der Waals surface area contributed by atoms with Crippen molar-refractivity contribution in [2.45, 2.75) is 38.1 Å². The van der Waals surface area contributed by atoms with Crippen molar-refractivity contribution in [2.75, 3.05) is 0 Å². The molecule has 6 nitrogen and oxygen atoms in total. The van der Waals surface area contributed by atoms with E-state index in [1.807, 2.05) is 31.2 Å². The molecule has 2 aliphatic carbocycles. The van der Waals surface area contributed by atoms with Gasteiger partial charge < -0.3 is 5.11 Å². The maximum atomic E-state index is 11.7. The first-order valence-corrected chi connectivity index (χ1v) is 10.8. The van der Waals surface area contributed by atoms with Gasteiger partial charge in [-0.15, -0.1) is 21.5 Å². The van der Waals surface area contributed by atoms with Crippen molar-refractivity contribution in [3.05, 3.63) is 62.5 Å². The molecule has 1 unspecified atom stereocenters. The molecule has 3 heterocycles. The number of benzene rings is 1. The number of hydrogen-bond acceptors (Lipinski definition) is 5. The summed E-state index contributed by atoms with van der Waals surface area (Å²) in [6.45, 7) is 1.96. The summed E-state index contributed by atoms with van der Waals surface area (Å²) in [5.41, 5.74) is 3.48. The van der Waals surface area contributed by atoms with Crippen molar-refractivity contribution in [1.29, 1.82) is 0 Å². The molecular formula is C21H17ClN4O2S. The molecule has 1 aliphatic heterocycles. The molecule has 8 heteroatoms. The molecule has 0 bridgehead atoms. The Hall–Kier alpha value is -2.51. The van der Waals surface area contributed by atoms with Gasteiger partial charge in [0.05, 0.1) is 11.6 Å². The van der Waals surface area contributed by atoms with Crippen LogP contribution in [0.25, 0.3) is 5.00 Å². The Balaban J connectivity index is 1.67. The van der Waals surface area contributed by atoms with Crippen LogP contribution in [0, 0.1) is 12.8 Å². The number of carbonyl (C=O) groups is 1. The van der Waals surface area contributed by atoms with E-state index in [0.29, 0.717) is 17.9 Å². The lowest BCUT2D eigenvalue weighted by Gasteiger charge is -2.12. The Morgan fingerprint density at radius 1 is 1.28 bits per heavy atom. The van der Waals surface area contributed by atoms with E-state index >= 15 is 0 Å². The van der Waals surface area contributed by atoms with Crippen LogP contribution in [0.1, 0.15) is 46.1 Å². The fourth-order valence-corrected chi connectivity index (χ4v) is 6.21. The van der Waals surface area contributed by atoms with E-state index in [2.05, 4.69) is 14.8 Å². The molecule has 0 radical (unpaired) electrons. The molecule has 3 aromatic rings. The molecule has 1 atom stereocenters. The Kier molecular flexibility index (Phi) is 3.45. The highest BCUT2D eigenvalue weighted by molar-refractivity contribution is 7.15. The number of hydrogen-bond donors (Lipinski definition) is 1. The average Bonchev–Trinajstić information content (AvgIpc) is 3.04. The van der Waals surface area contributed by atoms with E-state index in [1.165, 1.54) is 0 Å². The van der Waals surface area contributed by atoms with Gasteiger partial charge in [-0.1, -0.05) is 29.8 Å². The fraction of sp³-hybridized carbons (Fsp3) is 0.333. The van der Waals surface area contributed by atoms with Gasteiger partial charge in [0, 0.05) is 21.0 Å². The number of nitrogens with zero attached hydrogens (tertiary/aromatic N) is 4. The van der Waals surface area contributed by atoms with E-state index in [9.17, 15) is 9.90 Å². The highest BCUT2D eigenvalue weighted by atomic mass is 35.5. The quantitative estimate of drug-likeness (QED) is 0.675. The fourth-order valence-electron chi connectivity index (χ4n) is 4.53. The van der Waals surface area contributed by atoms with Gasteiger partial charge in [-0.25, -0.2) is 0 Å². The second-order valence-electron chi connectivity index (χ2n) is 8.01. The maximum absolute atomic E-state index is 11.7. The molecule has 2 aromatic heterocycles. The lowest BCUT2D eigenvalue weighted by Crippen LogP contribution is -2.15. The summed E-state index contributed by atoms with van der Waals surface area (Å²) in [5.74, 6) is 0.589. The van der Waals surface area contributed by atoms with Gasteiger partial charge in [-0.3, -0.25) is 14.4 Å². The van der Waals surface area contributed by atoms with Gasteiger partial charge in [0.25, 0.3) is 0 Å². The minimum absolute atomic E-state index is 0.369. The first-order chi connectivity index (χ1) is 14.0. The molecule has 1 N–H and O–H groups in total. The number of aryl methyl sites for hydroxylation is 1. The molecule has 1 aromatic carbocycles. The highest BCUT2D eigenvalue weighted by Crippen LogP contribution is 2.54. The maximum Gasteiger partial charge on any atom is 0.307 e. The Morgan fingerprint density at radius 3 is 2.79 bits per heavy atom. The predicted molar refractivity (Wildman–Crippen MR) is 111 cm³/mol. The zero-order valence-electron chi connectivity index (χ0n) is 15.6. The van der Waals surface area contributed by atoms with E-state index in [4.69, 9.17) is 16.6 Å². The van der Waals surface area contributed by atoms with Gasteiger partial charge in [-0.2, -0.15) is 0 Å². The molecular weight excluding hydrogens is 408 g/mol. The summed E-state index contributed by atoms with van der Waals surface area (Å²) < 4.78 is 2.13. The largest absolute Gasteiger partial charge is 0.481 e. The zero-order chi connectivity index (χ0) is 19.9. The molecule has 1 saturated carbocycles. The summed E-state index contributed by atoms with van der Waals surface area (Å²) in [5, 5.41) is 20.1. The van der Waals surface area contributed by atoms with Crippen LogP contribution in [0.4, 0.5) is 0 Å². The van der Waals surface area contributed by atoms with Gasteiger partial charge in [0.15, 0.2) is 5.82 Å². The lowest BCUT2D eigenvalue weighted by molar-refractivity contribution is -0.141. The number of carboxylic acids is 1. The second kappa shape index (κ2) is 5.77. The van der Waals surface area contributed by atoms with E-state index < -0.39 is 5.97 Å².